The molecule has 1 N–H and O–H groups in total. The van der Waals surface area contributed by atoms with Gasteiger partial charge in [-0.2, -0.15) is 0 Å². The van der Waals surface area contributed by atoms with E-state index in [1.807, 2.05) is 6.92 Å². The molecule has 0 aromatic heterocycles. The first-order valence-corrected chi connectivity index (χ1v) is 3.79. The van der Waals surface area contributed by atoms with E-state index >= 15 is 0 Å². The molecule has 0 spiro atoms. The van der Waals surface area contributed by atoms with Gasteiger partial charge in [0, 0.05) is 18.0 Å². The van der Waals surface area contributed by atoms with Crippen LogP contribution in [-0.4, -0.2) is 11.9 Å². The van der Waals surface area contributed by atoms with Crippen LogP contribution in [0, 0.1) is 5.92 Å². The fourth-order valence-electron chi connectivity index (χ4n) is 1.21. The summed E-state index contributed by atoms with van der Waals surface area (Å²) in [5.74, 6) is 0.371. The SMILES string of the molecule is C=CC1=CC(=O)NC(C)C1C. The Balaban J connectivity index is 2.89. The summed E-state index contributed by atoms with van der Waals surface area (Å²) < 4.78 is 0. The minimum Gasteiger partial charge on any atom is -0.349 e. The summed E-state index contributed by atoms with van der Waals surface area (Å²) in [6.45, 7) is 7.74. The molecule has 2 unspecified atom stereocenters. The Morgan fingerprint density at radius 2 is 2.27 bits per heavy atom. The van der Waals surface area contributed by atoms with Crippen LogP contribution in [0.2, 0.25) is 0 Å². The third-order valence-electron chi connectivity index (χ3n) is 2.18. The number of carbonyl (C=O) groups is 1. The van der Waals surface area contributed by atoms with E-state index < -0.39 is 0 Å². The summed E-state index contributed by atoms with van der Waals surface area (Å²) in [5.41, 5.74) is 1.03. The third kappa shape index (κ3) is 1.50. The lowest BCUT2D eigenvalue weighted by Gasteiger charge is -2.26. The van der Waals surface area contributed by atoms with Crippen LogP contribution in [0.25, 0.3) is 0 Å². The predicted molar refractivity (Wildman–Crippen MR) is 45.0 cm³/mol. The molecule has 60 valence electrons. The van der Waals surface area contributed by atoms with Crippen molar-refractivity contribution in [2.24, 2.45) is 5.92 Å². The maximum absolute atomic E-state index is 11.0. The second-order valence-electron chi connectivity index (χ2n) is 2.93. The zero-order chi connectivity index (χ0) is 8.43. The molecule has 2 atom stereocenters. The molecule has 0 fully saturated rings. The highest BCUT2D eigenvalue weighted by molar-refractivity contribution is 5.90. The van der Waals surface area contributed by atoms with Crippen LogP contribution >= 0.6 is 0 Å². The van der Waals surface area contributed by atoms with Gasteiger partial charge in [-0.05, 0) is 12.5 Å². The summed E-state index contributed by atoms with van der Waals surface area (Å²) in [6.07, 6.45) is 3.36. The molecule has 1 rings (SSSR count). The van der Waals surface area contributed by atoms with Crippen molar-refractivity contribution in [3.63, 3.8) is 0 Å². The average molecular weight is 151 g/mol. The van der Waals surface area contributed by atoms with Crippen molar-refractivity contribution in [1.29, 1.82) is 0 Å². The molecule has 2 nitrogen and oxygen atoms in total. The number of rotatable bonds is 1. The Morgan fingerprint density at radius 3 is 2.82 bits per heavy atom. The standard InChI is InChI=1S/C9H13NO/c1-4-8-5-9(11)10-7(3)6(8)2/h4-7H,1H2,2-3H3,(H,10,11). The second kappa shape index (κ2) is 2.91. The van der Waals surface area contributed by atoms with E-state index in [0.717, 1.165) is 5.57 Å². The maximum atomic E-state index is 11.0. The quantitative estimate of drug-likeness (QED) is 0.600. The maximum Gasteiger partial charge on any atom is 0.244 e. The lowest BCUT2D eigenvalue weighted by atomic mass is 9.91. The summed E-state index contributed by atoms with van der Waals surface area (Å²) in [4.78, 5) is 11.0. The predicted octanol–water partition coefficient (Wildman–Crippen LogP) is 1.25. The van der Waals surface area contributed by atoms with Crippen LogP contribution in [0.1, 0.15) is 13.8 Å². The molecule has 1 aliphatic rings. The van der Waals surface area contributed by atoms with Gasteiger partial charge in [0.1, 0.15) is 0 Å². The van der Waals surface area contributed by atoms with Crippen molar-refractivity contribution >= 4 is 5.91 Å². The molecule has 0 aromatic rings. The van der Waals surface area contributed by atoms with E-state index in [0.29, 0.717) is 5.92 Å². The van der Waals surface area contributed by atoms with Gasteiger partial charge < -0.3 is 5.32 Å². The monoisotopic (exact) mass is 151 g/mol. The van der Waals surface area contributed by atoms with E-state index in [2.05, 4.69) is 18.8 Å². The van der Waals surface area contributed by atoms with Gasteiger partial charge in [-0.15, -0.1) is 0 Å². The normalized spacial score (nSPS) is 30.7. The number of amides is 1. The molecule has 0 aromatic carbocycles. The van der Waals surface area contributed by atoms with Crippen molar-refractivity contribution in [3.05, 3.63) is 24.3 Å². The molecule has 0 aliphatic carbocycles. The summed E-state index contributed by atoms with van der Waals surface area (Å²) in [6, 6.07) is 0.223. The fraction of sp³-hybridized carbons (Fsp3) is 0.444. The first-order valence-electron chi connectivity index (χ1n) is 3.79. The third-order valence-corrected chi connectivity index (χ3v) is 2.18. The van der Waals surface area contributed by atoms with E-state index in [1.54, 1.807) is 12.2 Å². The van der Waals surface area contributed by atoms with Crippen LogP contribution in [0.5, 0.6) is 0 Å². The molecule has 1 amide bonds. The van der Waals surface area contributed by atoms with Crippen molar-refractivity contribution in [2.75, 3.05) is 0 Å². The highest BCUT2D eigenvalue weighted by Gasteiger charge is 2.21. The molecule has 2 heteroatoms. The Morgan fingerprint density at radius 1 is 1.64 bits per heavy atom. The van der Waals surface area contributed by atoms with Gasteiger partial charge in [0.05, 0.1) is 0 Å². The van der Waals surface area contributed by atoms with Crippen LogP contribution in [0.4, 0.5) is 0 Å². The molecule has 0 saturated heterocycles. The molecule has 1 heterocycles. The first-order chi connectivity index (χ1) is 5.15. The molecule has 0 radical (unpaired) electrons. The average Bonchev–Trinajstić information content (AvgIpc) is 1.96. The van der Waals surface area contributed by atoms with Crippen LogP contribution in [0.15, 0.2) is 24.3 Å². The fourth-order valence-corrected chi connectivity index (χ4v) is 1.21. The molecule has 11 heavy (non-hydrogen) atoms. The topological polar surface area (TPSA) is 29.1 Å². The Labute approximate surface area is 67.0 Å². The largest absolute Gasteiger partial charge is 0.349 e. The van der Waals surface area contributed by atoms with Gasteiger partial charge in [0.2, 0.25) is 5.91 Å². The van der Waals surface area contributed by atoms with E-state index in [-0.39, 0.29) is 11.9 Å². The Hall–Kier alpha value is -1.05. The summed E-state index contributed by atoms with van der Waals surface area (Å²) in [5, 5.41) is 2.83. The minimum atomic E-state index is -0.00880. The number of hydrogen-bond acceptors (Lipinski definition) is 1. The number of allylic oxidation sites excluding steroid dienone is 1. The zero-order valence-corrected chi connectivity index (χ0v) is 6.92. The van der Waals surface area contributed by atoms with Crippen molar-refractivity contribution in [1.82, 2.24) is 5.32 Å². The van der Waals surface area contributed by atoms with Crippen molar-refractivity contribution < 1.29 is 4.79 Å². The second-order valence-corrected chi connectivity index (χ2v) is 2.93. The van der Waals surface area contributed by atoms with Gasteiger partial charge in [-0.1, -0.05) is 19.6 Å². The lowest BCUT2D eigenvalue weighted by Crippen LogP contribution is -2.40. The highest BCUT2D eigenvalue weighted by atomic mass is 16.1. The van der Waals surface area contributed by atoms with Gasteiger partial charge in [0.25, 0.3) is 0 Å². The molecule has 0 bridgehead atoms. The van der Waals surface area contributed by atoms with Crippen LogP contribution in [-0.2, 0) is 4.79 Å². The van der Waals surface area contributed by atoms with Crippen LogP contribution in [0.3, 0.4) is 0 Å². The molecular formula is C9H13NO. The smallest absolute Gasteiger partial charge is 0.244 e. The zero-order valence-electron chi connectivity index (χ0n) is 6.92. The molecule has 0 saturated carbocycles. The van der Waals surface area contributed by atoms with Crippen molar-refractivity contribution in [2.45, 2.75) is 19.9 Å². The Kier molecular flexibility index (Phi) is 2.13. The van der Waals surface area contributed by atoms with Gasteiger partial charge in [-0.25, -0.2) is 0 Å². The minimum absolute atomic E-state index is 0.00880. The van der Waals surface area contributed by atoms with Gasteiger partial charge in [-0.3, -0.25) is 4.79 Å². The van der Waals surface area contributed by atoms with Crippen molar-refractivity contribution in [3.8, 4) is 0 Å². The number of nitrogens with one attached hydrogen (secondary N) is 1. The summed E-state index contributed by atoms with van der Waals surface area (Å²) in [7, 11) is 0. The van der Waals surface area contributed by atoms with E-state index in [4.69, 9.17) is 0 Å². The highest BCUT2D eigenvalue weighted by Crippen LogP contribution is 2.18. The number of carbonyl (C=O) groups excluding carboxylic acids is 1. The lowest BCUT2D eigenvalue weighted by molar-refractivity contribution is -0.117. The van der Waals surface area contributed by atoms with E-state index in [1.165, 1.54) is 0 Å². The molecule has 1 aliphatic heterocycles. The van der Waals surface area contributed by atoms with Gasteiger partial charge in [0.15, 0.2) is 0 Å². The van der Waals surface area contributed by atoms with Crippen LogP contribution < -0.4 is 5.32 Å². The van der Waals surface area contributed by atoms with Gasteiger partial charge >= 0.3 is 0 Å². The first kappa shape index (κ1) is 8.05. The van der Waals surface area contributed by atoms with E-state index in [9.17, 15) is 4.79 Å². The number of hydrogen-bond donors (Lipinski definition) is 1. The summed E-state index contributed by atoms with van der Waals surface area (Å²) >= 11 is 0. The molecular weight excluding hydrogens is 138 g/mol. The Bertz CT molecular complexity index is 218.